The van der Waals surface area contributed by atoms with Gasteiger partial charge in [0.1, 0.15) is 5.82 Å². The van der Waals surface area contributed by atoms with E-state index in [4.69, 9.17) is 0 Å². The van der Waals surface area contributed by atoms with E-state index in [2.05, 4.69) is 23.7 Å². The summed E-state index contributed by atoms with van der Waals surface area (Å²) in [5.41, 5.74) is 0.621. The maximum Gasteiger partial charge on any atom is 0.151 e. The van der Waals surface area contributed by atoms with Crippen molar-refractivity contribution in [3.8, 4) is 0 Å². The van der Waals surface area contributed by atoms with Crippen molar-refractivity contribution < 1.29 is 4.79 Å². The molecule has 1 atom stereocenters. The highest BCUT2D eigenvalue weighted by atomic mass is 16.1. The van der Waals surface area contributed by atoms with Crippen LogP contribution in [0.1, 0.15) is 30.6 Å². The highest BCUT2D eigenvalue weighted by Crippen LogP contribution is 2.12. The summed E-state index contributed by atoms with van der Waals surface area (Å²) >= 11 is 0. The maximum atomic E-state index is 10.5. The minimum Gasteiger partial charge on any atom is -0.359 e. The molecule has 0 radical (unpaired) electrons. The molecule has 1 aromatic rings. The zero-order valence-electron chi connectivity index (χ0n) is 9.60. The summed E-state index contributed by atoms with van der Waals surface area (Å²) in [7, 11) is 2.02. The van der Waals surface area contributed by atoms with Crippen molar-refractivity contribution in [1.82, 2.24) is 4.98 Å². The van der Waals surface area contributed by atoms with E-state index in [1.165, 1.54) is 0 Å². The van der Waals surface area contributed by atoms with Crippen molar-refractivity contribution in [3.63, 3.8) is 0 Å². The number of rotatable bonds is 5. The van der Waals surface area contributed by atoms with Gasteiger partial charge in [-0.05, 0) is 18.1 Å². The quantitative estimate of drug-likeness (QED) is 0.693. The van der Waals surface area contributed by atoms with Crippen LogP contribution in [0.3, 0.4) is 0 Å². The third-order valence-electron chi connectivity index (χ3n) is 2.58. The van der Waals surface area contributed by atoms with Crippen LogP contribution in [0.4, 0.5) is 5.82 Å². The van der Waals surface area contributed by atoms with E-state index in [1.807, 2.05) is 13.1 Å². The fourth-order valence-corrected chi connectivity index (χ4v) is 1.38. The summed E-state index contributed by atoms with van der Waals surface area (Å²) in [6, 6.07) is 3.68. The lowest BCUT2D eigenvalue weighted by atomic mass is 10.1. The lowest BCUT2D eigenvalue weighted by molar-refractivity contribution is 0.112. The van der Waals surface area contributed by atoms with Crippen molar-refractivity contribution in [2.24, 2.45) is 5.92 Å². The summed E-state index contributed by atoms with van der Waals surface area (Å²) in [6.45, 7) is 5.39. The van der Waals surface area contributed by atoms with Gasteiger partial charge in [-0.1, -0.05) is 20.3 Å². The Balaban J connectivity index is 2.65. The zero-order valence-corrected chi connectivity index (χ0v) is 9.60. The third kappa shape index (κ3) is 3.35. The van der Waals surface area contributed by atoms with E-state index < -0.39 is 0 Å². The maximum absolute atomic E-state index is 10.5. The SMILES string of the molecule is CCC(C)CN(C)c1ccc(C=O)cn1. The van der Waals surface area contributed by atoms with Crippen molar-refractivity contribution in [2.45, 2.75) is 20.3 Å². The Morgan fingerprint density at radius 2 is 2.27 bits per heavy atom. The molecule has 0 aromatic carbocycles. The molecule has 0 aliphatic rings. The van der Waals surface area contributed by atoms with Gasteiger partial charge in [0.25, 0.3) is 0 Å². The number of nitrogens with zero attached hydrogens (tertiary/aromatic N) is 2. The van der Waals surface area contributed by atoms with Crippen molar-refractivity contribution in [1.29, 1.82) is 0 Å². The average Bonchev–Trinajstić information content (AvgIpc) is 2.29. The number of carbonyl (C=O) groups is 1. The first-order chi connectivity index (χ1) is 7.17. The second kappa shape index (κ2) is 5.49. The Hall–Kier alpha value is -1.38. The van der Waals surface area contributed by atoms with Crippen LogP contribution in [-0.4, -0.2) is 24.9 Å². The van der Waals surface area contributed by atoms with Crippen molar-refractivity contribution >= 4 is 12.1 Å². The number of anilines is 1. The molecule has 0 aliphatic carbocycles. The Morgan fingerprint density at radius 3 is 2.73 bits per heavy atom. The molecule has 15 heavy (non-hydrogen) atoms. The molecule has 3 nitrogen and oxygen atoms in total. The molecule has 1 aromatic heterocycles. The van der Waals surface area contributed by atoms with Crippen LogP contribution in [0.5, 0.6) is 0 Å². The number of pyridine rings is 1. The molecule has 1 unspecified atom stereocenters. The number of carbonyl (C=O) groups excluding carboxylic acids is 1. The van der Waals surface area contributed by atoms with Gasteiger partial charge in [0.05, 0.1) is 0 Å². The highest BCUT2D eigenvalue weighted by Gasteiger charge is 2.06. The first-order valence-electron chi connectivity index (χ1n) is 5.29. The highest BCUT2D eigenvalue weighted by molar-refractivity contribution is 5.74. The summed E-state index contributed by atoms with van der Waals surface area (Å²) in [5, 5.41) is 0. The number of aromatic nitrogens is 1. The number of aldehydes is 1. The van der Waals surface area contributed by atoms with E-state index in [9.17, 15) is 4.79 Å². The zero-order chi connectivity index (χ0) is 11.3. The van der Waals surface area contributed by atoms with Crippen LogP contribution < -0.4 is 4.90 Å². The molecule has 0 spiro atoms. The average molecular weight is 206 g/mol. The van der Waals surface area contributed by atoms with E-state index >= 15 is 0 Å². The summed E-state index contributed by atoms with van der Waals surface area (Å²) in [6.07, 6.45) is 3.58. The van der Waals surface area contributed by atoms with Gasteiger partial charge in [-0.25, -0.2) is 4.98 Å². The first kappa shape index (κ1) is 11.7. The van der Waals surface area contributed by atoms with Crippen LogP contribution in [0.25, 0.3) is 0 Å². The van der Waals surface area contributed by atoms with Gasteiger partial charge in [0.2, 0.25) is 0 Å². The molecule has 0 saturated carbocycles. The van der Waals surface area contributed by atoms with Gasteiger partial charge in [0.15, 0.2) is 6.29 Å². The van der Waals surface area contributed by atoms with E-state index in [-0.39, 0.29) is 0 Å². The fourth-order valence-electron chi connectivity index (χ4n) is 1.38. The molecule has 3 heteroatoms. The van der Waals surface area contributed by atoms with Gasteiger partial charge in [0, 0.05) is 25.4 Å². The predicted molar refractivity (Wildman–Crippen MR) is 62.3 cm³/mol. The van der Waals surface area contributed by atoms with Gasteiger partial charge >= 0.3 is 0 Å². The molecular weight excluding hydrogens is 188 g/mol. The largest absolute Gasteiger partial charge is 0.359 e. The molecule has 1 heterocycles. The van der Waals surface area contributed by atoms with Crippen LogP contribution in [0.2, 0.25) is 0 Å². The van der Waals surface area contributed by atoms with E-state index in [0.717, 1.165) is 25.1 Å². The molecule has 1 rings (SSSR count). The van der Waals surface area contributed by atoms with Crippen LogP contribution in [-0.2, 0) is 0 Å². The van der Waals surface area contributed by atoms with Crippen LogP contribution in [0, 0.1) is 5.92 Å². The third-order valence-corrected chi connectivity index (χ3v) is 2.58. The van der Waals surface area contributed by atoms with Gasteiger partial charge in [-0.3, -0.25) is 4.79 Å². The smallest absolute Gasteiger partial charge is 0.151 e. The summed E-state index contributed by atoms with van der Waals surface area (Å²) in [4.78, 5) is 16.8. The molecule has 0 bridgehead atoms. The monoisotopic (exact) mass is 206 g/mol. The van der Waals surface area contributed by atoms with Crippen molar-refractivity contribution in [2.75, 3.05) is 18.5 Å². The van der Waals surface area contributed by atoms with Gasteiger partial charge in [-0.2, -0.15) is 0 Å². The molecule has 82 valence electrons. The molecule has 0 N–H and O–H groups in total. The van der Waals surface area contributed by atoms with Gasteiger partial charge in [-0.15, -0.1) is 0 Å². The lowest BCUT2D eigenvalue weighted by Crippen LogP contribution is -2.24. The molecule has 0 amide bonds. The molecular formula is C12H18N2O. The van der Waals surface area contributed by atoms with Gasteiger partial charge < -0.3 is 4.90 Å². The molecule has 0 saturated heterocycles. The van der Waals surface area contributed by atoms with Crippen molar-refractivity contribution in [3.05, 3.63) is 23.9 Å². The summed E-state index contributed by atoms with van der Waals surface area (Å²) < 4.78 is 0. The number of hydrogen-bond acceptors (Lipinski definition) is 3. The lowest BCUT2D eigenvalue weighted by Gasteiger charge is -2.21. The van der Waals surface area contributed by atoms with E-state index in [0.29, 0.717) is 11.5 Å². The minimum atomic E-state index is 0.621. The van der Waals surface area contributed by atoms with Crippen LogP contribution >= 0.6 is 0 Å². The predicted octanol–water partition coefficient (Wildman–Crippen LogP) is 2.38. The normalized spacial score (nSPS) is 12.2. The summed E-state index contributed by atoms with van der Waals surface area (Å²) in [5.74, 6) is 1.57. The Bertz CT molecular complexity index is 308. The first-order valence-corrected chi connectivity index (χ1v) is 5.29. The molecule has 0 fully saturated rings. The minimum absolute atomic E-state index is 0.621. The standard InChI is InChI=1S/C12H18N2O/c1-4-10(2)8-14(3)12-6-5-11(9-15)7-13-12/h5-7,9-10H,4,8H2,1-3H3. The fraction of sp³-hybridized carbons (Fsp3) is 0.500. The Kier molecular flexibility index (Phi) is 4.28. The second-order valence-corrected chi connectivity index (χ2v) is 3.96. The Morgan fingerprint density at radius 1 is 1.53 bits per heavy atom. The number of hydrogen-bond donors (Lipinski definition) is 0. The Labute approximate surface area is 91.1 Å². The second-order valence-electron chi connectivity index (χ2n) is 3.96. The van der Waals surface area contributed by atoms with Crippen LogP contribution in [0.15, 0.2) is 18.3 Å². The molecule has 0 aliphatic heterocycles. The topological polar surface area (TPSA) is 33.2 Å². The van der Waals surface area contributed by atoms with E-state index in [1.54, 1.807) is 12.3 Å².